The van der Waals surface area contributed by atoms with Crippen LogP contribution in [0.4, 0.5) is 4.39 Å². The van der Waals surface area contributed by atoms with E-state index in [1.165, 1.54) is 12.1 Å². The maximum atomic E-state index is 13.4. The van der Waals surface area contributed by atoms with Crippen molar-refractivity contribution >= 4 is 16.8 Å². The molecule has 7 heteroatoms. The van der Waals surface area contributed by atoms with Crippen molar-refractivity contribution in [2.75, 3.05) is 7.11 Å². The average molecular weight is 502 g/mol. The minimum absolute atomic E-state index is 0.0616. The normalized spacial score (nSPS) is 15.7. The van der Waals surface area contributed by atoms with Crippen LogP contribution in [0.5, 0.6) is 11.5 Å². The van der Waals surface area contributed by atoms with Crippen LogP contribution in [-0.2, 0) is 4.79 Å². The van der Waals surface area contributed by atoms with E-state index in [4.69, 9.17) is 9.47 Å². The molecule has 1 amide bonds. The quantitative estimate of drug-likeness (QED) is 0.312. The van der Waals surface area contributed by atoms with Gasteiger partial charge in [0.1, 0.15) is 23.4 Å². The maximum Gasteiger partial charge on any atom is 0.226 e. The van der Waals surface area contributed by atoms with E-state index in [-0.39, 0.29) is 23.2 Å². The number of nitrogens with one attached hydrogen (secondary N) is 1. The van der Waals surface area contributed by atoms with Crippen LogP contribution in [0.15, 0.2) is 60.8 Å². The lowest BCUT2D eigenvalue weighted by Crippen LogP contribution is -2.42. The molecule has 4 aromatic rings. The molecule has 1 saturated carbocycles. The lowest BCUT2D eigenvalue weighted by molar-refractivity contribution is -0.127. The van der Waals surface area contributed by atoms with Crippen molar-refractivity contribution in [3.05, 3.63) is 83.3 Å². The molecule has 37 heavy (non-hydrogen) atoms. The molecule has 1 fully saturated rings. The number of nitrogens with zero attached hydrogens (tertiary/aromatic N) is 2. The summed E-state index contributed by atoms with van der Waals surface area (Å²) in [4.78, 5) is 12.9. The molecule has 3 aromatic carbocycles. The standard InChI is InChI=1S/C30H32FN3O3/c1-18-14-21(15-19(2)27(18)36-5)28(20(3)33-29(35)30(4)12-13-30)37-25-10-11-26-22(16-25)17-32-34(26)24-8-6-23(31)7-9-24/h6-11,14-17,20,28H,12-13H2,1-5H3,(H,33,35)/t20-,28-/m0/s1. The summed E-state index contributed by atoms with van der Waals surface area (Å²) in [6, 6.07) is 15.9. The molecular weight excluding hydrogens is 469 g/mol. The fraction of sp³-hybridized carbons (Fsp3) is 0.333. The number of methoxy groups -OCH3 is 1. The summed E-state index contributed by atoms with van der Waals surface area (Å²) in [5.74, 6) is 1.29. The number of benzene rings is 3. The van der Waals surface area contributed by atoms with Gasteiger partial charge in [0.05, 0.1) is 30.6 Å². The van der Waals surface area contributed by atoms with Crippen molar-refractivity contribution in [2.45, 2.75) is 52.7 Å². The van der Waals surface area contributed by atoms with Gasteiger partial charge in [0.25, 0.3) is 0 Å². The van der Waals surface area contributed by atoms with E-state index >= 15 is 0 Å². The molecule has 1 heterocycles. The number of hydrogen-bond donors (Lipinski definition) is 1. The smallest absolute Gasteiger partial charge is 0.226 e. The Morgan fingerprint density at radius 3 is 2.38 bits per heavy atom. The number of aryl methyl sites for hydroxylation is 2. The number of amides is 1. The molecule has 1 aliphatic carbocycles. The Hall–Kier alpha value is -3.87. The van der Waals surface area contributed by atoms with Gasteiger partial charge in [-0.3, -0.25) is 4.79 Å². The van der Waals surface area contributed by atoms with E-state index in [9.17, 15) is 9.18 Å². The second-order valence-corrected chi connectivity index (χ2v) is 10.3. The fourth-order valence-electron chi connectivity index (χ4n) is 4.82. The van der Waals surface area contributed by atoms with Gasteiger partial charge in [-0.25, -0.2) is 9.07 Å². The second kappa shape index (κ2) is 9.54. The number of hydrogen-bond acceptors (Lipinski definition) is 4. The number of carbonyl (C=O) groups excluding carboxylic acids is 1. The first-order chi connectivity index (χ1) is 17.7. The maximum absolute atomic E-state index is 13.4. The van der Waals surface area contributed by atoms with Gasteiger partial charge in [-0.2, -0.15) is 5.10 Å². The van der Waals surface area contributed by atoms with Gasteiger partial charge in [-0.15, -0.1) is 0 Å². The molecule has 0 saturated heterocycles. The van der Waals surface area contributed by atoms with Crippen LogP contribution in [0, 0.1) is 25.1 Å². The summed E-state index contributed by atoms with van der Waals surface area (Å²) < 4.78 is 27.3. The van der Waals surface area contributed by atoms with Gasteiger partial charge in [-0.05, 0) is 105 Å². The van der Waals surface area contributed by atoms with Crippen molar-refractivity contribution in [3.63, 3.8) is 0 Å². The SMILES string of the molecule is COc1c(C)cc([C@@H](Oc2ccc3c(cnn3-c3ccc(F)cc3)c2)[C@H](C)NC(=O)C2(C)CC2)cc1C. The van der Waals surface area contributed by atoms with Crippen molar-refractivity contribution in [1.82, 2.24) is 15.1 Å². The molecule has 2 atom stereocenters. The van der Waals surface area contributed by atoms with Crippen LogP contribution >= 0.6 is 0 Å². The average Bonchev–Trinajstić information content (AvgIpc) is 3.49. The zero-order valence-electron chi connectivity index (χ0n) is 21.8. The van der Waals surface area contributed by atoms with Crippen LogP contribution in [0.1, 0.15) is 49.5 Å². The highest BCUT2D eigenvalue weighted by molar-refractivity contribution is 5.85. The predicted octanol–water partition coefficient (Wildman–Crippen LogP) is 6.21. The number of aromatic nitrogens is 2. The molecule has 0 radical (unpaired) electrons. The summed E-state index contributed by atoms with van der Waals surface area (Å²) in [6.45, 7) is 8.00. The number of carbonyl (C=O) groups is 1. The summed E-state index contributed by atoms with van der Waals surface area (Å²) in [6.07, 6.45) is 3.17. The summed E-state index contributed by atoms with van der Waals surface area (Å²) >= 11 is 0. The molecule has 1 aliphatic rings. The topological polar surface area (TPSA) is 65.4 Å². The summed E-state index contributed by atoms with van der Waals surface area (Å²) in [5, 5.41) is 8.58. The molecule has 192 valence electrons. The zero-order chi connectivity index (χ0) is 26.3. The van der Waals surface area contributed by atoms with E-state index in [0.717, 1.165) is 51.9 Å². The van der Waals surface area contributed by atoms with Gasteiger partial charge in [0, 0.05) is 10.8 Å². The van der Waals surface area contributed by atoms with Gasteiger partial charge in [0.15, 0.2) is 0 Å². The number of halogens is 1. The van der Waals surface area contributed by atoms with Crippen molar-refractivity contribution in [3.8, 4) is 17.2 Å². The third-order valence-electron chi connectivity index (χ3n) is 7.25. The molecule has 0 spiro atoms. The van der Waals surface area contributed by atoms with Gasteiger partial charge < -0.3 is 14.8 Å². The van der Waals surface area contributed by atoms with Gasteiger partial charge in [0.2, 0.25) is 5.91 Å². The fourth-order valence-corrected chi connectivity index (χ4v) is 4.82. The molecule has 0 bridgehead atoms. The first-order valence-electron chi connectivity index (χ1n) is 12.5. The lowest BCUT2D eigenvalue weighted by Gasteiger charge is -2.28. The predicted molar refractivity (Wildman–Crippen MR) is 142 cm³/mol. The Morgan fingerprint density at radius 2 is 1.76 bits per heavy atom. The Labute approximate surface area is 216 Å². The first-order valence-corrected chi connectivity index (χ1v) is 12.5. The molecule has 1 aromatic heterocycles. The molecule has 0 aliphatic heterocycles. The minimum Gasteiger partial charge on any atom is -0.496 e. The summed E-state index contributed by atoms with van der Waals surface area (Å²) in [5.41, 5.74) is 4.36. The third kappa shape index (κ3) is 4.90. The highest BCUT2D eigenvalue weighted by atomic mass is 19.1. The van der Waals surface area contributed by atoms with Crippen LogP contribution in [0.3, 0.4) is 0 Å². The highest BCUT2D eigenvalue weighted by Crippen LogP contribution is 2.45. The van der Waals surface area contributed by atoms with E-state index in [0.29, 0.717) is 5.75 Å². The number of fused-ring (bicyclic) bond motifs is 1. The number of ether oxygens (including phenoxy) is 2. The molecule has 1 N–H and O–H groups in total. The molecule has 6 nitrogen and oxygen atoms in total. The van der Waals surface area contributed by atoms with Crippen LogP contribution in [-0.4, -0.2) is 28.8 Å². The minimum atomic E-state index is -0.417. The zero-order valence-corrected chi connectivity index (χ0v) is 21.8. The molecule has 5 rings (SSSR count). The van der Waals surface area contributed by atoms with E-state index in [1.807, 2.05) is 45.9 Å². The summed E-state index contributed by atoms with van der Waals surface area (Å²) in [7, 11) is 1.67. The Kier molecular flexibility index (Phi) is 6.40. The van der Waals surface area contributed by atoms with Crippen molar-refractivity contribution < 1.29 is 18.7 Å². The van der Waals surface area contributed by atoms with Crippen molar-refractivity contribution in [2.24, 2.45) is 5.41 Å². The number of rotatable bonds is 8. The van der Waals surface area contributed by atoms with Crippen LogP contribution in [0.2, 0.25) is 0 Å². The van der Waals surface area contributed by atoms with E-state index < -0.39 is 6.10 Å². The Balaban J connectivity index is 1.47. The largest absolute Gasteiger partial charge is 0.496 e. The van der Waals surface area contributed by atoms with Crippen LogP contribution < -0.4 is 14.8 Å². The van der Waals surface area contributed by atoms with E-state index in [2.05, 4.69) is 22.5 Å². The lowest BCUT2D eigenvalue weighted by atomic mass is 9.97. The van der Waals surface area contributed by atoms with Gasteiger partial charge in [-0.1, -0.05) is 6.92 Å². The van der Waals surface area contributed by atoms with E-state index in [1.54, 1.807) is 30.1 Å². The first kappa shape index (κ1) is 24.8. The molecular formula is C30H32FN3O3. The monoisotopic (exact) mass is 501 g/mol. The Morgan fingerprint density at radius 1 is 1.08 bits per heavy atom. The highest BCUT2D eigenvalue weighted by Gasteiger charge is 2.45. The van der Waals surface area contributed by atoms with Crippen molar-refractivity contribution in [1.29, 1.82) is 0 Å². The van der Waals surface area contributed by atoms with Gasteiger partial charge >= 0.3 is 0 Å². The Bertz CT molecular complexity index is 1430. The van der Waals surface area contributed by atoms with Crippen LogP contribution in [0.25, 0.3) is 16.6 Å². The third-order valence-corrected chi connectivity index (χ3v) is 7.25. The molecule has 0 unspecified atom stereocenters. The second-order valence-electron chi connectivity index (χ2n) is 10.3.